The summed E-state index contributed by atoms with van der Waals surface area (Å²) in [5, 5.41) is 3.95. The van der Waals surface area contributed by atoms with E-state index >= 15 is 0 Å². The maximum atomic E-state index is 6.00. The van der Waals surface area contributed by atoms with Crippen LogP contribution in [0.25, 0.3) is 0 Å². The highest BCUT2D eigenvalue weighted by molar-refractivity contribution is 5.43. The summed E-state index contributed by atoms with van der Waals surface area (Å²) in [4.78, 5) is 0. The fraction of sp³-hybridized carbons (Fsp3) is 0.684. The van der Waals surface area contributed by atoms with Crippen LogP contribution in [-0.4, -0.2) is 12.6 Å². The third-order valence-corrected chi connectivity index (χ3v) is 5.54. The monoisotopic (exact) mass is 287 g/mol. The second kappa shape index (κ2) is 6.39. The van der Waals surface area contributed by atoms with E-state index in [0.717, 1.165) is 30.6 Å². The molecule has 1 fully saturated rings. The second-order valence-corrected chi connectivity index (χ2v) is 7.17. The standard InChI is InChI=1S/C19H29NO/c1-13-9-10-16(12-15(13)3)20-18-8-5-11-21-19-14(2)6-4-7-17(18)19/h4,6-7,13,15-16,18,20H,5,8-12H2,1-3H3. The predicted octanol–water partition coefficient (Wildman–Crippen LogP) is 4.62. The average Bonchev–Trinajstić information content (AvgIpc) is 2.67. The number of hydrogen-bond donors (Lipinski definition) is 1. The lowest BCUT2D eigenvalue weighted by Gasteiger charge is -2.35. The predicted molar refractivity (Wildman–Crippen MR) is 87.8 cm³/mol. The number of nitrogens with one attached hydrogen (secondary N) is 1. The van der Waals surface area contributed by atoms with Gasteiger partial charge < -0.3 is 10.1 Å². The van der Waals surface area contributed by atoms with E-state index < -0.39 is 0 Å². The molecule has 0 spiro atoms. The van der Waals surface area contributed by atoms with Crippen molar-refractivity contribution in [3.8, 4) is 5.75 Å². The molecule has 1 saturated carbocycles. The normalized spacial score (nSPS) is 32.9. The second-order valence-electron chi connectivity index (χ2n) is 7.17. The molecule has 2 heteroatoms. The number of aryl methyl sites for hydroxylation is 1. The summed E-state index contributed by atoms with van der Waals surface area (Å²) in [5.74, 6) is 2.86. The fourth-order valence-electron chi connectivity index (χ4n) is 3.92. The van der Waals surface area contributed by atoms with Gasteiger partial charge in [0.1, 0.15) is 5.75 Å². The van der Waals surface area contributed by atoms with Crippen molar-refractivity contribution in [3.05, 3.63) is 29.3 Å². The van der Waals surface area contributed by atoms with E-state index in [2.05, 4.69) is 44.3 Å². The average molecular weight is 287 g/mol. The van der Waals surface area contributed by atoms with Crippen molar-refractivity contribution in [2.75, 3.05) is 6.61 Å². The largest absolute Gasteiger partial charge is 0.493 e. The van der Waals surface area contributed by atoms with Gasteiger partial charge in [-0.15, -0.1) is 0 Å². The van der Waals surface area contributed by atoms with Crippen molar-refractivity contribution in [2.24, 2.45) is 11.8 Å². The Balaban J connectivity index is 1.75. The van der Waals surface area contributed by atoms with Crippen LogP contribution in [0.4, 0.5) is 0 Å². The van der Waals surface area contributed by atoms with Crippen molar-refractivity contribution in [1.82, 2.24) is 5.32 Å². The van der Waals surface area contributed by atoms with Crippen molar-refractivity contribution < 1.29 is 4.74 Å². The summed E-state index contributed by atoms with van der Waals surface area (Å²) in [6.45, 7) is 7.82. The number of benzene rings is 1. The van der Waals surface area contributed by atoms with Crippen molar-refractivity contribution in [1.29, 1.82) is 0 Å². The molecular formula is C19H29NO. The van der Waals surface area contributed by atoms with E-state index in [1.807, 2.05) is 0 Å². The van der Waals surface area contributed by atoms with E-state index in [0.29, 0.717) is 12.1 Å². The molecule has 0 radical (unpaired) electrons. The number of ether oxygens (including phenoxy) is 1. The minimum Gasteiger partial charge on any atom is -0.493 e. The van der Waals surface area contributed by atoms with Gasteiger partial charge in [0.2, 0.25) is 0 Å². The summed E-state index contributed by atoms with van der Waals surface area (Å²) in [5.41, 5.74) is 2.64. The van der Waals surface area contributed by atoms with Gasteiger partial charge in [-0.2, -0.15) is 0 Å². The van der Waals surface area contributed by atoms with Crippen LogP contribution < -0.4 is 10.1 Å². The Morgan fingerprint density at radius 3 is 2.76 bits per heavy atom. The van der Waals surface area contributed by atoms with Crippen LogP contribution in [0.2, 0.25) is 0 Å². The minimum atomic E-state index is 0.466. The van der Waals surface area contributed by atoms with Gasteiger partial charge in [0, 0.05) is 17.6 Å². The molecule has 116 valence electrons. The quantitative estimate of drug-likeness (QED) is 0.856. The molecule has 21 heavy (non-hydrogen) atoms. The van der Waals surface area contributed by atoms with Gasteiger partial charge in [0.15, 0.2) is 0 Å². The molecule has 2 aliphatic rings. The van der Waals surface area contributed by atoms with E-state index in [1.165, 1.54) is 36.8 Å². The Morgan fingerprint density at radius 2 is 1.95 bits per heavy atom. The van der Waals surface area contributed by atoms with Crippen LogP contribution in [0.5, 0.6) is 5.75 Å². The summed E-state index contributed by atoms with van der Waals surface area (Å²) in [6, 6.07) is 7.72. The maximum Gasteiger partial charge on any atom is 0.126 e. The number of hydrogen-bond acceptors (Lipinski definition) is 2. The van der Waals surface area contributed by atoms with Crippen LogP contribution in [0, 0.1) is 18.8 Å². The van der Waals surface area contributed by atoms with Crippen molar-refractivity contribution >= 4 is 0 Å². The molecule has 0 bridgehead atoms. The van der Waals surface area contributed by atoms with Gasteiger partial charge in [0.25, 0.3) is 0 Å². The van der Waals surface area contributed by atoms with Crippen LogP contribution in [0.15, 0.2) is 18.2 Å². The summed E-state index contributed by atoms with van der Waals surface area (Å²) in [6.07, 6.45) is 6.34. The van der Waals surface area contributed by atoms with E-state index in [9.17, 15) is 0 Å². The van der Waals surface area contributed by atoms with E-state index in [-0.39, 0.29) is 0 Å². The Labute approximate surface area is 129 Å². The molecule has 4 atom stereocenters. The first-order chi connectivity index (χ1) is 10.1. The fourth-order valence-corrected chi connectivity index (χ4v) is 3.92. The Hall–Kier alpha value is -1.02. The van der Waals surface area contributed by atoms with Crippen molar-refractivity contribution in [2.45, 2.75) is 65.0 Å². The minimum absolute atomic E-state index is 0.466. The van der Waals surface area contributed by atoms with Crippen molar-refractivity contribution in [3.63, 3.8) is 0 Å². The van der Waals surface area contributed by atoms with E-state index in [1.54, 1.807) is 0 Å². The lowest BCUT2D eigenvalue weighted by atomic mass is 9.78. The van der Waals surface area contributed by atoms with Crippen LogP contribution in [-0.2, 0) is 0 Å². The highest BCUT2D eigenvalue weighted by atomic mass is 16.5. The SMILES string of the molecule is Cc1cccc2c1OCCCC2NC1CCC(C)C(C)C1. The highest BCUT2D eigenvalue weighted by Gasteiger charge is 2.28. The molecule has 0 amide bonds. The Morgan fingerprint density at radius 1 is 1.10 bits per heavy atom. The zero-order chi connectivity index (χ0) is 14.8. The molecular weight excluding hydrogens is 258 g/mol. The molecule has 4 unspecified atom stereocenters. The number of para-hydroxylation sites is 1. The zero-order valence-corrected chi connectivity index (χ0v) is 13.7. The van der Waals surface area contributed by atoms with Gasteiger partial charge in [-0.3, -0.25) is 0 Å². The topological polar surface area (TPSA) is 21.3 Å². The molecule has 1 N–H and O–H groups in total. The van der Waals surface area contributed by atoms with Gasteiger partial charge >= 0.3 is 0 Å². The third-order valence-electron chi connectivity index (χ3n) is 5.54. The molecule has 0 aromatic heterocycles. The third kappa shape index (κ3) is 3.26. The molecule has 3 rings (SSSR count). The Bertz CT molecular complexity index is 484. The highest BCUT2D eigenvalue weighted by Crippen LogP contribution is 2.36. The molecule has 0 saturated heterocycles. The molecule has 2 nitrogen and oxygen atoms in total. The molecule has 1 heterocycles. The van der Waals surface area contributed by atoms with Crippen LogP contribution >= 0.6 is 0 Å². The molecule has 1 aromatic rings. The lowest BCUT2D eigenvalue weighted by molar-refractivity contribution is 0.212. The first-order valence-corrected chi connectivity index (χ1v) is 8.63. The Kier molecular flexibility index (Phi) is 4.54. The van der Waals surface area contributed by atoms with Gasteiger partial charge in [-0.1, -0.05) is 32.0 Å². The van der Waals surface area contributed by atoms with Crippen LogP contribution in [0.3, 0.4) is 0 Å². The molecule has 1 aromatic carbocycles. The van der Waals surface area contributed by atoms with Crippen LogP contribution in [0.1, 0.15) is 63.1 Å². The molecule has 1 aliphatic heterocycles. The first-order valence-electron chi connectivity index (χ1n) is 8.63. The number of rotatable bonds is 2. The van der Waals surface area contributed by atoms with Gasteiger partial charge in [-0.25, -0.2) is 0 Å². The smallest absolute Gasteiger partial charge is 0.126 e. The summed E-state index contributed by atoms with van der Waals surface area (Å²) < 4.78 is 6.00. The van der Waals surface area contributed by atoms with Gasteiger partial charge in [0.05, 0.1) is 6.61 Å². The zero-order valence-electron chi connectivity index (χ0n) is 13.7. The number of fused-ring (bicyclic) bond motifs is 1. The lowest BCUT2D eigenvalue weighted by Crippen LogP contribution is -2.38. The summed E-state index contributed by atoms with van der Waals surface area (Å²) >= 11 is 0. The van der Waals surface area contributed by atoms with Gasteiger partial charge in [-0.05, 0) is 56.4 Å². The molecule has 1 aliphatic carbocycles. The maximum absolute atomic E-state index is 6.00. The first kappa shape index (κ1) is 14.9. The van der Waals surface area contributed by atoms with E-state index in [4.69, 9.17) is 4.74 Å². The summed E-state index contributed by atoms with van der Waals surface area (Å²) in [7, 11) is 0.